The first kappa shape index (κ1) is 15.8. The molecule has 1 amide bonds. The maximum Gasteiger partial charge on any atom is 0.323 e. The molecule has 2 atom stereocenters. The summed E-state index contributed by atoms with van der Waals surface area (Å²) < 4.78 is 5.34. The van der Waals surface area contributed by atoms with Crippen LogP contribution in [0.5, 0.6) is 5.75 Å². The van der Waals surface area contributed by atoms with E-state index in [1.807, 2.05) is 29.2 Å². The van der Waals surface area contributed by atoms with Gasteiger partial charge in [0.25, 0.3) is 0 Å². The molecule has 0 bridgehead atoms. The van der Waals surface area contributed by atoms with E-state index < -0.39 is 11.5 Å². The molecule has 1 N–H and O–H groups in total. The lowest BCUT2D eigenvalue weighted by molar-refractivity contribution is -0.150. The molecule has 2 aliphatic rings. The normalized spacial score (nSPS) is 28.3. The van der Waals surface area contributed by atoms with E-state index in [1.165, 1.54) is 0 Å². The Bertz CT molecular complexity index is 633. The monoisotopic (exact) mass is 318 g/mol. The molecule has 0 spiro atoms. The Morgan fingerprint density at radius 1 is 1.35 bits per heavy atom. The fourth-order valence-corrected chi connectivity index (χ4v) is 3.76. The third kappa shape index (κ3) is 2.47. The second kappa shape index (κ2) is 5.85. The van der Waals surface area contributed by atoms with Gasteiger partial charge in [-0.05, 0) is 38.3 Å². The first-order valence-electron chi connectivity index (χ1n) is 7.93. The Morgan fingerprint density at radius 3 is 2.78 bits per heavy atom. The number of aliphatic carboxylic acids is 1. The third-order valence-corrected chi connectivity index (χ3v) is 5.09. The highest BCUT2D eigenvalue weighted by Crippen LogP contribution is 2.37. The Labute approximate surface area is 135 Å². The molecule has 2 unspecified atom stereocenters. The lowest BCUT2D eigenvalue weighted by atomic mass is 9.97. The van der Waals surface area contributed by atoms with Crippen LogP contribution in [0.3, 0.4) is 0 Å². The molecule has 2 aliphatic heterocycles. The second-order valence-corrected chi connectivity index (χ2v) is 6.34. The number of amides is 1. The summed E-state index contributed by atoms with van der Waals surface area (Å²) >= 11 is 0. The molecule has 124 valence electrons. The number of nitrogens with zero attached hydrogens (tertiary/aromatic N) is 2. The van der Waals surface area contributed by atoms with Crippen LogP contribution in [0.1, 0.15) is 26.2 Å². The van der Waals surface area contributed by atoms with E-state index in [4.69, 9.17) is 4.74 Å². The number of carboxylic acid groups (broad SMARTS) is 1. The topological polar surface area (TPSA) is 70.1 Å². The lowest BCUT2D eigenvalue weighted by Crippen LogP contribution is -2.54. The number of para-hydroxylation sites is 2. The molecule has 1 aromatic carbocycles. The molecule has 0 radical (unpaired) electrons. The maximum atomic E-state index is 12.9. The van der Waals surface area contributed by atoms with Crippen molar-refractivity contribution in [3.05, 3.63) is 24.3 Å². The van der Waals surface area contributed by atoms with Crippen molar-refractivity contribution in [3.8, 4) is 5.75 Å². The van der Waals surface area contributed by atoms with Crippen molar-refractivity contribution < 1.29 is 19.4 Å². The van der Waals surface area contributed by atoms with Crippen LogP contribution >= 0.6 is 0 Å². The molecule has 0 saturated carbocycles. The molecule has 23 heavy (non-hydrogen) atoms. The van der Waals surface area contributed by atoms with Crippen LogP contribution in [0.4, 0.5) is 5.69 Å². The van der Waals surface area contributed by atoms with Crippen molar-refractivity contribution in [1.82, 2.24) is 4.90 Å². The van der Waals surface area contributed by atoms with E-state index in [9.17, 15) is 14.7 Å². The smallest absolute Gasteiger partial charge is 0.323 e. The molecule has 0 aromatic heterocycles. The summed E-state index contributed by atoms with van der Waals surface area (Å²) in [6.45, 7) is 2.95. The minimum atomic E-state index is -0.947. The molecule has 3 rings (SSSR count). The standard InChI is InChI=1S/C17H22N2O4/c1-17(16(21)22)9-5-10-19(17)13-8-11-18(15(13)20)12-6-3-4-7-14(12)23-2/h3-4,6-7,13H,5,8-11H2,1-2H3,(H,21,22). The van der Waals surface area contributed by atoms with Crippen LogP contribution in [0.25, 0.3) is 0 Å². The van der Waals surface area contributed by atoms with E-state index in [0.717, 1.165) is 12.1 Å². The fraction of sp³-hybridized carbons (Fsp3) is 0.529. The quantitative estimate of drug-likeness (QED) is 0.916. The highest BCUT2D eigenvalue weighted by atomic mass is 16.5. The van der Waals surface area contributed by atoms with Crippen molar-refractivity contribution in [1.29, 1.82) is 0 Å². The van der Waals surface area contributed by atoms with E-state index >= 15 is 0 Å². The number of carbonyl (C=O) groups excluding carboxylic acids is 1. The number of anilines is 1. The maximum absolute atomic E-state index is 12.9. The number of rotatable bonds is 4. The Morgan fingerprint density at radius 2 is 2.09 bits per heavy atom. The zero-order valence-electron chi connectivity index (χ0n) is 13.5. The SMILES string of the molecule is COc1ccccc1N1CCC(N2CCCC2(C)C(=O)O)C1=O. The van der Waals surface area contributed by atoms with Gasteiger partial charge in [-0.1, -0.05) is 12.1 Å². The molecule has 2 saturated heterocycles. The van der Waals surface area contributed by atoms with Gasteiger partial charge in [0.1, 0.15) is 11.3 Å². The number of hydrogen-bond donors (Lipinski definition) is 1. The van der Waals surface area contributed by atoms with Crippen molar-refractivity contribution >= 4 is 17.6 Å². The average Bonchev–Trinajstić information content (AvgIpc) is 3.11. The zero-order chi connectivity index (χ0) is 16.6. The van der Waals surface area contributed by atoms with Gasteiger partial charge in [0.2, 0.25) is 5.91 Å². The van der Waals surface area contributed by atoms with E-state index in [0.29, 0.717) is 31.7 Å². The minimum Gasteiger partial charge on any atom is -0.495 e. The van der Waals surface area contributed by atoms with E-state index in [2.05, 4.69) is 0 Å². The number of likely N-dealkylation sites (tertiary alicyclic amines) is 1. The number of carbonyl (C=O) groups is 2. The molecular formula is C17H22N2O4. The van der Waals surface area contributed by atoms with E-state index in [-0.39, 0.29) is 11.9 Å². The Kier molecular flexibility index (Phi) is 4.02. The fourth-order valence-electron chi connectivity index (χ4n) is 3.76. The predicted octanol–water partition coefficient (Wildman–Crippen LogP) is 1.74. The summed E-state index contributed by atoms with van der Waals surface area (Å²) in [5, 5.41) is 9.57. The van der Waals surface area contributed by atoms with Crippen molar-refractivity contribution in [2.24, 2.45) is 0 Å². The van der Waals surface area contributed by atoms with Gasteiger partial charge in [-0.25, -0.2) is 0 Å². The van der Waals surface area contributed by atoms with Crippen LogP contribution < -0.4 is 9.64 Å². The Hall–Kier alpha value is -2.08. The van der Waals surface area contributed by atoms with Gasteiger partial charge >= 0.3 is 5.97 Å². The zero-order valence-corrected chi connectivity index (χ0v) is 13.5. The number of hydrogen-bond acceptors (Lipinski definition) is 4. The molecule has 2 fully saturated rings. The average molecular weight is 318 g/mol. The van der Waals surface area contributed by atoms with Crippen LogP contribution in [-0.2, 0) is 9.59 Å². The van der Waals surface area contributed by atoms with Crippen LogP contribution in [0.15, 0.2) is 24.3 Å². The predicted molar refractivity (Wildman–Crippen MR) is 85.7 cm³/mol. The van der Waals surface area contributed by atoms with Gasteiger partial charge in [0, 0.05) is 13.1 Å². The largest absolute Gasteiger partial charge is 0.495 e. The first-order valence-corrected chi connectivity index (χ1v) is 7.93. The summed E-state index contributed by atoms with van der Waals surface area (Å²) in [6.07, 6.45) is 2.03. The molecular weight excluding hydrogens is 296 g/mol. The highest BCUT2D eigenvalue weighted by molar-refractivity contribution is 6.01. The van der Waals surface area contributed by atoms with Gasteiger partial charge in [-0.3, -0.25) is 14.5 Å². The van der Waals surface area contributed by atoms with Gasteiger partial charge in [0.05, 0.1) is 18.8 Å². The van der Waals surface area contributed by atoms with Gasteiger partial charge < -0.3 is 14.7 Å². The van der Waals surface area contributed by atoms with Crippen molar-refractivity contribution in [3.63, 3.8) is 0 Å². The van der Waals surface area contributed by atoms with Gasteiger partial charge in [-0.2, -0.15) is 0 Å². The number of carboxylic acids is 1. The van der Waals surface area contributed by atoms with Crippen LogP contribution in [-0.4, -0.2) is 53.7 Å². The van der Waals surface area contributed by atoms with Gasteiger partial charge in [-0.15, -0.1) is 0 Å². The number of benzene rings is 1. The lowest BCUT2D eigenvalue weighted by Gasteiger charge is -2.35. The van der Waals surface area contributed by atoms with Crippen molar-refractivity contribution in [2.45, 2.75) is 37.8 Å². The minimum absolute atomic E-state index is 0.0381. The molecule has 6 nitrogen and oxygen atoms in total. The van der Waals surface area contributed by atoms with Crippen molar-refractivity contribution in [2.75, 3.05) is 25.1 Å². The molecule has 1 aromatic rings. The van der Waals surface area contributed by atoms with Crippen LogP contribution in [0, 0.1) is 0 Å². The number of ether oxygens (including phenoxy) is 1. The molecule has 6 heteroatoms. The third-order valence-electron chi connectivity index (χ3n) is 5.09. The summed E-state index contributed by atoms with van der Waals surface area (Å²) in [6, 6.07) is 7.05. The summed E-state index contributed by atoms with van der Waals surface area (Å²) in [5.41, 5.74) is -0.198. The van der Waals surface area contributed by atoms with Gasteiger partial charge in [0.15, 0.2) is 0 Å². The summed E-state index contributed by atoms with van der Waals surface area (Å²) in [7, 11) is 1.58. The summed E-state index contributed by atoms with van der Waals surface area (Å²) in [4.78, 5) is 28.2. The molecule has 0 aliphatic carbocycles. The van der Waals surface area contributed by atoms with Crippen LogP contribution in [0.2, 0.25) is 0 Å². The highest BCUT2D eigenvalue weighted by Gasteiger charge is 2.50. The Balaban J connectivity index is 1.86. The molecule has 2 heterocycles. The summed E-state index contributed by atoms with van der Waals surface area (Å²) in [5.74, 6) is -0.230. The number of methoxy groups -OCH3 is 1. The first-order chi connectivity index (χ1) is 11.0. The van der Waals surface area contributed by atoms with E-state index in [1.54, 1.807) is 18.9 Å². The second-order valence-electron chi connectivity index (χ2n) is 6.34.